The molecule has 1 heterocycles. The predicted octanol–water partition coefficient (Wildman–Crippen LogP) is 2.12. The molecular weight excluding hydrogens is 320 g/mol. The van der Waals surface area contributed by atoms with Crippen LogP contribution in [-0.2, 0) is 9.59 Å². The highest BCUT2D eigenvalue weighted by atomic mass is 16.5. The average molecular weight is 340 g/mol. The van der Waals surface area contributed by atoms with Gasteiger partial charge in [0.05, 0.1) is 6.54 Å². The molecule has 1 aliphatic heterocycles. The van der Waals surface area contributed by atoms with E-state index in [-0.39, 0.29) is 25.0 Å². The molecule has 0 atom stereocenters. The average Bonchev–Trinajstić information content (AvgIpc) is 2.63. The summed E-state index contributed by atoms with van der Waals surface area (Å²) in [5.41, 5.74) is 1.17. The number of piperazine rings is 1. The van der Waals surface area contributed by atoms with Crippen molar-refractivity contribution in [2.75, 3.05) is 26.2 Å². The van der Waals surface area contributed by atoms with Crippen molar-refractivity contribution in [2.45, 2.75) is 6.92 Å². The summed E-state index contributed by atoms with van der Waals surface area (Å²) in [6, 6.07) is 14.9. The molecule has 3 rings (SSSR count). The van der Waals surface area contributed by atoms with Crippen LogP contribution in [0.25, 0.3) is 0 Å². The topological polar surface area (TPSA) is 67.9 Å². The second-order valence-corrected chi connectivity index (χ2v) is 5.84. The Hall–Kier alpha value is -3.02. The van der Waals surface area contributed by atoms with E-state index in [1.54, 1.807) is 24.3 Å². The maximum absolute atomic E-state index is 12.0. The van der Waals surface area contributed by atoms with E-state index in [1.807, 2.05) is 31.2 Å². The standard InChI is InChI=1S/C19H20N2O4/c1-14-2-4-16(5-3-14)25-17-8-6-15(7-9-17)24-13-19(23)21-11-10-20-18(22)12-21/h2-9H,10-13H2,1H3,(H,20,22). The summed E-state index contributed by atoms with van der Waals surface area (Å²) in [5, 5.41) is 2.68. The highest BCUT2D eigenvalue weighted by Gasteiger charge is 2.21. The van der Waals surface area contributed by atoms with Crippen LogP contribution in [0.15, 0.2) is 48.5 Å². The smallest absolute Gasteiger partial charge is 0.261 e. The van der Waals surface area contributed by atoms with Gasteiger partial charge in [-0.25, -0.2) is 0 Å². The molecule has 0 spiro atoms. The Labute approximate surface area is 146 Å². The van der Waals surface area contributed by atoms with Crippen LogP contribution in [0.1, 0.15) is 5.56 Å². The maximum atomic E-state index is 12.0. The fourth-order valence-electron chi connectivity index (χ4n) is 2.43. The largest absolute Gasteiger partial charge is 0.484 e. The number of carbonyl (C=O) groups excluding carboxylic acids is 2. The van der Waals surface area contributed by atoms with Gasteiger partial charge in [-0.3, -0.25) is 9.59 Å². The molecule has 2 aromatic rings. The number of carbonyl (C=O) groups is 2. The fraction of sp³-hybridized carbons (Fsp3) is 0.263. The summed E-state index contributed by atoms with van der Waals surface area (Å²) in [4.78, 5) is 24.8. The van der Waals surface area contributed by atoms with Crippen LogP contribution in [0.5, 0.6) is 17.2 Å². The molecule has 6 heteroatoms. The van der Waals surface area contributed by atoms with Crippen LogP contribution in [0.3, 0.4) is 0 Å². The molecule has 2 amide bonds. The summed E-state index contributed by atoms with van der Waals surface area (Å²) in [6.07, 6.45) is 0. The molecule has 1 saturated heterocycles. The lowest BCUT2D eigenvalue weighted by Crippen LogP contribution is -2.51. The Morgan fingerprint density at radius 2 is 1.64 bits per heavy atom. The third-order valence-corrected chi connectivity index (χ3v) is 3.83. The minimum Gasteiger partial charge on any atom is -0.484 e. The zero-order valence-corrected chi connectivity index (χ0v) is 14.0. The zero-order valence-electron chi connectivity index (χ0n) is 14.0. The van der Waals surface area contributed by atoms with Gasteiger partial charge in [-0.1, -0.05) is 17.7 Å². The first-order valence-corrected chi connectivity index (χ1v) is 8.12. The summed E-state index contributed by atoms with van der Waals surface area (Å²) < 4.78 is 11.2. The first-order valence-electron chi connectivity index (χ1n) is 8.12. The van der Waals surface area contributed by atoms with Crippen LogP contribution < -0.4 is 14.8 Å². The van der Waals surface area contributed by atoms with E-state index < -0.39 is 0 Å². The third-order valence-electron chi connectivity index (χ3n) is 3.83. The number of ether oxygens (including phenoxy) is 2. The Balaban J connectivity index is 1.51. The highest BCUT2D eigenvalue weighted by molar-refractivity contribution is 5.86. The van der Waals surface area contributed by atoms with E-state index in [0.29, 0.717) is 24.6 Å². The molecule has 0 aromatic heterocycles. The molecule has 0 bridgehead atoms. The second-order valence-electron chi connectivity index (χ2n) is 5.84. The maximum Gasteiger partial charge on any atom is 0.261 e. The van der Waals surface area contributed by atoms with Gasteiger partial charge < -0.3 is 19.7 Å². The molecule has 25 heavy (non-hydrogen) atoms. The number of nitrogens with zero attached hydrogens (tertiary/aromatic N) is 1. The van der Waals surface area contributed by atoms with Gasteiger partial charge in [-0.15, -0.1) is 0 Å². The highest BCUT2D eigenvalue weighted by Crippen LogP contribution is 2.24. The van der Waals surface area contributed by atoms with E-state index in [4.69, 9.17) is 9.47 Å². The number of rotatable bonds is 5. The van der Waals surface area contributed by atoms with Crippen molar-refractivity contribution in [3.63, 3.8) is 0 Å². The van der Waals surface area contributed by atoms with Gasteiger partial charge in [0.25, 0.3) is 5.91 Å². The van der Waals surface area contributed by atoms with Gasteiger partial charge in [-0.2, -0.15) is 0 Å². The fourth-order valence-corrected chi connectivity index (χ4v) is 2.43. The first-order chi connectivity index (χ1) is 12.1. The van der Waals surface area contributed by atoms with Gasteiger partial charge in [0.15, 0.2) is 6.61 Å². The minimum atomic E-state index is -0.199. The predicted molar refractivity (Wildman–Crippen MR) is 92.8 cm³/mol. The Bertz CT molecular complexity index is 741. The third kappa shape index (κ3) is 4.73. The molecule has 0 aliphatic carbocycles. The molecule has 1 aliphatic rings. The first kappa shape index (κ1) is 16.8. The number of hydrogen-bond acceptors (Lipinski definition) is 4. The quantitative estimate of drug-likeness (QED) is 0.905. The molecule has 6 nitrogen and oxygen atoms in total. The van der Waals surface area contributed by atoms with Crippen molar-refractivity contribution in [2.24, 2.45) is 0 Å². The lowest BCUT2D eigenvalue weighted by molar-refractivity contribution is -0.139. The Kier molecular flexibility index (Phi) is 5.18. The monoisotopic (exact) mass is 340 g/mol. The number of nitrogens with one attached hydrogen (secondary N) is 1. The van der Waals surface area contributed by atoms with Crippen molar-refractivity contribution in [1.82, 2.24) is 10.2 Å². The van der Waals surface area contributed by atoms with Crippen molar-refractivity contribution in [3.8, 4) is 17.2 Å². The molecule has 0 unspecified atom stereocenters. The molecule has 0 radical (unpaired) electrons. The van der Waals surface area contributed by atoms with E-state index in [2.05, 4.69) is 5.32 Å². The lowest BCUT2D eigenvalue weighted by Gasteiger charge is -2.26. The summed E-state index contributed by atoms with van der Waals surface area (Å²) in [7, 11) is 0. The van der Waals surface area contributed by atoms with Gasteiger partial charge in [0.2, 0.25) is 5.91 Å². The van der Waals surface area contributed by atoms with E-state index in [0.717, 1.165) is 5.75 Å². The van der Waals surface area contributed by atoms with Crippen LogP contribution in [0.2, 0.25) is 0 Å². The van der Waals surface area contributed by atoms with Crippen LogP contribution in [-0.4, -0.2) is 43.0 Å². The summed E-state index contributed by atoms with van der Waals surface area (Å²) >= 11 is 0. The molecule has 1 N–H and O–H groups in total. The Morgan fingerprint density at radius 3 is 2.28 bits per heavy atom. The van der Waals surface area contributed by atoms with Gasteiger partial charge in [-0.05, 0) is 43.3 Å². The molecule has 2 aromatic carbocycles. The van der Waals surface area contributed by atoms with Crippen molar-refractivity contribution < 1.29 is 19.1 Å². The van der Waals surface area contributed by atoms with Crippen molar-refractivity contribution in [1.29, 1.82) is 0 Å². The number of aryl methyl sites for hydroxylation is 1. The number of benzene rings is 2. The van der Waals surface area contributed by atoms with Gasteiger partial charge in [0, 0.05) is 13.1 Å². The molecule has 130 valence electrons. The molecule has 1 fully saturated rings. The van der Waals surface area contributed by atoms with Crippen LogP contribution >= 0.6 is 0 Å². The minimum absolute atomic E-state index is 0.0888. The van der Waals surface area contributed by atoms with Crippen molar-refractivity contribution in [3.05, 3.63) is 54.1 Å². The second kappa shape index (κ2) is 7.70. The lowest BCUT2D eigenvalue weighted by atomic mass is 10.2. The van der Waals surface area contributed by atoms with E-state index in [1.165, 1.54) is 10.5 Å². The van der Waals surface area contributed by atoms with Gasteiger partial charge in [0.1, 0.15) is 17.2 Å². The molecule has 0 saturated carbocycles. The summed E-state index contributed by atoms with van der Waals surface area (Å²) in [5.74, 6) is 1.69. The summed E-state index contributed by atoms with van der Waals surface area (Å²) in [6.45, 7) is 3.01. The normalized spacial score (nSPS) is 14.0. The molecular formula is C19H20N2O4. The number of hydrogen-bond donors (Lipinski definition) is 1. The SMILES string of the molecule is Cc1ccc(Oc2ccc(OCC(=O)N3CCNC(=O)C3)cc2)cc1. The van der Waals surface area contributed by atoms with E-state index >= 15 is 0 Å². The zero-order chi connectivity index (χ0) is 17.6. The Morgan fingerprint density at radius 1 is 1.04 bits per heavy atom. The van der Waals surface area contributed by atoms with E-state index in [9.17, 15) is 9.59 Å². The van der Waals surface area contributed by atoms with Crippen molar-refractivity contribution >= 4 is 11.8 Å². The number of amides is 2. The van der Waals surface area contributed by atoms with Crippen LogP contribution in [0.4, 0.5) is 0 Å². The van der Waals surface area contributed by atoms with Gasteiger partial charge >= 0.3 is 0 Å². The van der Waals surface area contributed by atoms with Crippen LogP contribution in [0, 0.1) is 6.92 Å².